The largest absolute Gasteiger partial charge is 0.391 e. The first kappa shape index (κ1) is 17.5. The lowest BCUT2D eigenvalue weighted by Gasteiger charge is -2.17. The number of nitrogens with one attached hydrogen (secondary N) is 1. The van der Waals surface area contributed by atoms with Gasteiger partial charge in [-0.1, -0.05) is 50.1 Å². The zero-order valence-corrected chi connectivity index (χ0v) is 14.1. The van der Waals surface area contributed by atoms with E-state index >= 15 is 0 Å². The summed E-state index contributed by atoms with van der Waals surface area (Å²) in [5.74, 6) is -0.0870. The van der Waals surface area contributed by atoms with Gasteiger partial charge in [0.1, 0.15) is 0 Å². The molecule has 0 radical (unpaired) electrons. The van der Waals surface area contributed by atoms with E-state index in [2.05, 4.69) is 10.4 Å². The molecule has 1 amide bonds. The molecule has 0 aliphatic rings. The number of rotatable bonds is 7. The molecular weight excluding hydrogens is 314 g/mol. The second kappa shape index (κ2) is 8.13. The first-order chi connectivity index (χ1) is 11.0. The molecule has 2 rings (SSSR count). The van der Waals surface area contributed by atoms with E-state index in [1.807, 2.05) is 38.1 Å². The number of carbonyl (C=O) groups is 1. The summed E-state index contributed by atoms with van der Waals surface area (Å²) >= 11 is 6.12. The van der Waals surface area contributed by atoms with Gasteiger partial charge in [0.25, 0.3) is 5.91 Å². The van der Waals surface area contributed by atoms with Crippen molar-refractivity contribution in [2.75, 3.05) is 6.54 Å². The zero-order valence-electron chi connectivity index (χ0n) is 13.4. The molecule has 1 heterocycles. The van der Waals surface area contributed by atoms with Gasteiger partial charge in [-0.3, -0.25) is 9.48 Å². The number of aliphatic hydroxyl groups is 1. The topological polar surface area (TPSA) is 67.2 Å². The highest BCUT2D eigenvalue weighted by Gasteiger charge is 2.15. The van der Waals surface area contributed by atoms with Crippen molar-refractivity contribution in [1.29, 1.82) is 0 Å². The van der Waals surface area contributed by atoms with Gasteiger partial charge in [-0.25, -0.2) is 0 Å². The van der Waals surface area contributed by atoms with Gasteiger partial charge in [0.2, 0.25) is 0 Å². The van der Waals surface area contributed by atoms with Crippen LogP contribution in [0.5, 0.6) is 0 Å². The van der Waals surface area contributed by atoms with Gasteiger partial charge < -0.3 is 10.4 Å². The summed E-state index contributed by atoms with van der Waals surface area (Å²) in [5, 5.41) is 17.5. The molecule has 2 atom stereocenters. The van der Waals surface area contributed by atoms with Crippen LogP contribution >= 0.6 is 11.6 Å². The van der Waals surface area contributed by atoms with Crippen molar-refractivity contribution in [1.82, 2.24) is 15.1 Å². The Kier molecular flexibility index (Phi) is 6.19. The summed E-state index contributed by atoms with van der Waals surface area (Å²) in [7, 11) is 0. The molecule has 0 spiro atoms. The van der Waals surface area contributed by atoms with Gasteiger partial charge in [0.15, 0.2) is 0 Å². The van der Waals surface area contributed by atoms with Crippen LogP contribution in [0.3, 0.4) is 0 Å². The summed E-state index contributed by atoms with van der Waals surface area (Å²) < 4.78 is 1.67. The quantitative estimate of drug-likeness (QED) is 0.817. The van der Waals surface area contributed by atoms with Crippen LogP contribution in [0.4, 0.5) is 0 Å². The van der Waals surface area contributed by atoms with Crippen LogP contribution < -0.4 is 5.32 Å². The SMILES string of the molecule is CCC(C)C(O)CNC(=O)c1cnn(Cc2ccccc2Cl)c1. The predicted molar refractivity (Wildman–Crippen MR) is 90.6 cm³/mol. The Hall–Kier alpha value is -1.85. The van der Waals surface area contributed by atoms with Crippen LogP contribution in [0.2, 0.25) is 5.02 Å². The molecular formula is C17H22ClN3O2. The smallest absolute Gasteiger partial charge is 0.254 e. The Balaban J connectivity index is 1.94. The van der Waals surface area contributed by atoms with Crippen molar-refractivity contribution in [2.24, 2.45) is 5.92 Å². The fourth-order valence-corrected chi connectivity index (χ4v) is 2.34. The van der Waals surface area contributed by atoms with Gasteiger partial charge in [0, 0.05) is 17.8 Å². The van der Waals surface area contributed by atoms with Gasteiger partial charge in [-0.15, -0.1) is 0 Å². The number of aromatic nitrogens is 2. The molecule has 2 N–H and O–H groups in total. The number of amides is 1. The van der Waals surface area contributed by atoms with Crippen molar-refractivity contribution < 1.29 is 9.90 Å². The normalized spacial score (nSPS) is 13.6. The van der Waals surface area contributed by atoms with Gasteiger partial charge in [0.05, 0.1) is 24.4 Å². The number of aliphatic hydroxyl groups excluding tert-OH is 1. The van der Waals surface area contributed by atoms with Crippen molar-refractivity contribution in [2.45, 2.75) is 32.9 Å². The molecule has 6 heteroatoms. The highest BCUT2D eigenvalue weighted by molar-refractivity contribution is 6.31. The first-order valence-electron chi connectivity index (χ1n) is 7.73. The monoisotopic (exact) mass is 335 g/mol. The first-order valence-corrected chi connectivity index (χ1v) is 8.11. The highest BCUT2D eigenvalue weighted by atomic mass is 35.5. The van der Waals surface area contributed by atoms with Gasteiger partial charge >= 0.3 is 0 Å². The van der Waals surface area contributed by atoms with Crippen molar-refractivity contribution in [3.8, 4) is 0 Å². The maximum atomic E-state index is 12.1. The summed E-state index contributed by atoms with van der Waals surface area (Å²) in [6.45, 7) is 4.71. The molecule has 2 unspecified atom stereocenters. The third-order valence-corrected chi connectivity index (χ3v) is 4.33. The maximum Gasteiger partial charge on any atom is 0.254 e. The van der Waals surface area contributed by atoms with Crippen molar-refractivity contribution >= 4 is 17.5 Å². The molecule has 0 aliphatic heterocycles. The summed E-state index contributed by atoms with van der Waals surface area (Å²) in [6.07, 6.45) is 3.52. The van der Waals surface area contributed by atoms with Crippen LogP contribution in [-0.2, 0) is 6.54 Å². The average molecular weight is 336 g/mol. The van der Waals surface area contributed by atoms with E-state index in [4.69, 9.17) is 11.6 Å². The fraction of sp³-hybridized carbons (Fsp3) is 0.412. The van der Waals surface area contributed by atoms with E-state index in [1.54, 1.807) is 10.9 Å². The van der Waals surface area contributed by atoms with Crippen LogP contribution in [0.25, 0.3) is 0 Å². The number of benzene rings is 1. The van der Waals surface area contributed by atoms with Gasteiger partial charge in [-0.2, -0.15) is 5.10 Å². The summed E-state index contributed by atoms with van der Waals surface area (Å²) in [5.41, 5.74) is 1.41. The molecule has 1 aromatic heterocycles. The van der Waals surface area contributed by atoms with E-state index in [1.165, 1.54) is 6.20 Å². The van der Waals surface area contributed by atoms with E-state index in [0.717, 1.165) is 12.0 Å². The van der Waals surface area contributed by atoms with Crippen molar-refractivity contribution in [3.63, 3.8) is 0 Å². The van der Waals surface area contributed by atoms with Crippen LogP contribution in [0.1, 0.15) is 36.2 Å². The molecule has 0 bridgehead atoms. The minimum absolute atomic E-state index is 0.151. The van der Waals surface area contributed by atoms with Crippen molar-refractivity contribution in [3.05, 3.63) is 52.8 Å². The Labute approximate surface area is 141 Å². The number of hydrogen-bond donors (Lipinski definition) is 2. The molecule has 124 valence electrons. The van der Waals surface area contributed by atoms with Crippen LogP contribution in [0, 0.1) is 5.92 Å². The predicted octanol–water partition coefficient (Wildman–Crippen LogP) is 2.72. The zero-order chi connectivity index (χ0) is 16.8. The highest BCUT2D eigenvalue weighted by Crippen LogP contribution is 2.16. The minimum Gasteiger partial charge on any atom is -0.391 e. The van der Waals surface area contributed by atoms with Crippen LogP contribution in [-0.4, -0.2) is 33.4 Å². The summed E-state index contributed by atoms with van der Waals surface area (Å²) in [4.78, 5) is 12.1. The lowest BCUT2D eigenvalue weighted by molar-refractivity contribution is 0.0850. The van der Waals surface area contributed by atoms with E-state index in [9.17, 15) is 9.90 Å². The van der Waals surface area contributed by atoms with E-state index in [-0.39, 0.29) is 18.4 Å². The van der Waals surface area contributed by atoms with E-state index in [0.29, 0.717) is 17.1 Å². The average Bonchev–Trinajstić information content (AvgIpc) is 3.02. The molecule has 2 aromatic rings. The fourth-order valence-electron chi connectivity index (χ4n) is 2.14. The number of halogens is 1. The minimum atomic E-state index is -0.540. The number of carbonyl (C=O) groups excluding carboxylic acids is 1. The van der Waals surface area contributed by atoms with E-state index < -0.39 is 6.10 Å². The Morgan fingerprint density at radius 2 is 2.17 bits per heavy atom. The third-order valence-electron chi connectivity index (χ3n) is 3.96. The standard InChI is InChI=1S/C17H22ClN3O2/c1-3-12(2)16(22)9-19-17(23)14-8-20-21(11-14)10-13-6-4-5-7-15(13)18/h4-8,11-12,16,22H,3,9-10H2,1-2H3,(H,19,23). The lowest BCUT2D eigenvalue weighted by Crippen LogP contribution is -2.35. The molecule has 0 saturated carbocycles. The van der Waals surface area contributed by atoms with Crippen LogP contribution in [0.15, 0.2) is 36.7 Å². The molecule has 0 saturated heterocycles. The number of hydrogen-bond acceptors (Lipinski definition) is 3. The summed E-state index contributed by atoms with van der Waals surface area (Å²) in [6, 6.07) is 7.53. The van der Waals surface area contributed by atoms with Gasteiger partial charge in [-0.05, 0) is 17.5 Å². The second-order valence-corrected chi connectivity index (χ2v) is 6.09. The third kappa shape index (κ3) is 4.81. The second-order valence-electron chi connectivity index (χ2n) is 5.68. The molecule has 5 nitrogen and oxygen atoms in total. The maximum absolute atomic E-state index is 12.1. The molecule has 23 heavy (non-hydrogen) atoms. The Bertz CT molecular complexity index is 657. The Morgan fingerprint density at radius 1 is 1.43 bits per heavy atom. The molecule has 0 fully saturated rings. The number of nitrogens with zero attached hydrogens (tertiary/aromatic N) is 2. The molecule has 0 aliphatic carbocycles. The lowest BCUT2D eigenvalue weighted by atomic mass is 10.0. The molecule has 1 aromatic carbocycles. The Morgan fingerprint density at radius 3 is 2.87 bits per heavy atom.